The molecule has 1 heterocycles. The van der Waals surface area contributed by atoms with Gasteiger partial charge in [0.15, 0.2) is 0 Å². The predicted octanol–water partition coefficient (Wildman–Crippen LogP) is 2.91. The normalized spacial score (nSPS) is 10.4. The Morgan fingerprint density at radius 2 is 1.96 bits per heavy atom. The minimum Gasteiger partial charge on any atom is -0.494 e. The van der Waals surface area contributed by atoms with Crippen LogP contribution in [0, 0.1) is 31.0 Å². The van der Waals surface area contributed by atoms with Gasteiger partial charge in [-0.3, -0.25) is 9.59 Å². The molecule has 0 aliphatic rings. The second kappa shape index (κ2) is 10.3. The summed E-state index contributed by atoms with van der Waals surface area (Å²) in [6.45, 7) is 4.53. The Bertz CT molecular complexity index is 914. The van der Waals surface area contributed by atoms with E-state index >= 15 is 0 Å². The average molecular weight is 385 g/mol. The van der Waals surface area contributed by atoms with Crippen LogP contribution < -0.4 is 15.6 Å². The first kappa shape index (κ1) is 21.2. The van der Waals surface area contributed by atoms with Gasteiger partial charge in [-0.15, -0.1) is 0 Å². The SMILES string of the molecule is Cc1[nH]c(=O)c(C#N)c(C)c1CCC(=O)NCCCCOc1ccc(F)cc1. The Balaban J connectivity index is 1.69. The van der Waals surface area contributed by atoms with Crippen LogP contribution in [-0.4, -0.2) is 24.0 Å². The average Bonchev–Trinajstić information content (AvgIpc) is 2.66. The fourth-order valence-corrected chi connectivity index (χ4v) is 2.92. The quantitative estimate of drug-likeness (QED) is 0.649. The summed E-state index contributed by atoms with van der Waals surface area (Å²) >= 11 is 0. The molecule has 0 unspecified atom stereocenters. The molecule has 6 nitrogen and oxygen atoms in total. The van der Waals surface area contributed by atoms with Crippen LogP contribution >= 0.6 is 0 Å². The van der Waals surface area contributed by atoms with Gasteiger partial charge in [0.1, 0.15) is 23.2 Å². The van der Waals surface area contributed by atoms with E-state index in [2.05, 4.69) is 10.3 Å². The van der Waals surface area contributed by atoms with E-state index < -0.39 is 5.56 Å². The summed E-state index contributed by atoms with van der Waals surface area (Å²) < 4.78 is 18.3. The van der Waals surface area contributed by atoms with Gasteiger partial charge in [-0.25, -0.2) is 4.39 Å². The Morgan fingerprint density at radius 1 is 1.25 bits per heavy atom. The zero-order valence-corrected chi connectivity index (χ0v) is 16.1. The number of ether oxygens (including phenoxy) is 1. The highest BCUT2D eigenvalue weighted by atomic mass is 19.1. The lowest BCUT2D eigenvalue weighted by molar-refractivity contribution is -0.121. The highest BCUT2D eigenvalue weighted by Gasteiger charge is 2.13. The monoisotopic (exact) mass is 385 g/mol. The molecule has 1 aromatic carbocycles. The molecule has 0 atom stereocenters. The summed E-state index contributed by atoms with van der Waals surface area (Å²) in [6.07, 6.45) is 2.27. The van der Waals surface area contributed by atoms with Crippen LogP contribution in [0.2, 0.25) is 0 Å². The highest BCUT2D eigenvalue weighted by Crippen LogP contribution is 2.15. The van der Waals surface area contributed by atoms with Crippen molar-refractivity contribution in [3.05, 3.63) is 62.8 Å². The third kappa shape index (κ3) is 5.95. The maximum absolute atomic E-state index is 12.8. The van der Waals surface area contributed by atoms with Gasteiger partial charge in [-0.05, 0) is 68.5 Å². The van der Waals surface area contributed by atoms with Crippen LogP contribution in [0.1, 0.15) is 41.6 Å². The highest BCUT2D eigenvalue weighted by molar-refractivity contribution is 5.76. The number of aryl methyl sites for hydroxylation is 1. The first-order chi connectivity index (χ1) is 13.4. The number of amides is 1. The van der Waals surface area contributed by atoms with Crippen LogP contribution in [0.25, 0.3) is 0 Å². The van der Waals surface area contributed by atoms with Crippen LogP contribution in [-0.2, 0) is 11.2 Å². The van der Waals surface area contributed by atoms with Gasteiger partial charge < -0.3 is 15.0 Å². The molecule has 28 heavy (non-hydrogen) atoms. The molecule has 1 amide bonds. The molecule has 0 radical (unpaired) electrons. The topological polar surface area (TPSA) is 95.0 Å². The number of halogens is 1. The summed E-state index contributed by atoms with van der Waals surface area (Å²) in [5.74, 6) is 0.239. The molecule has 148 valence electrons. The maximum Gasteiger partial charge on any atom is 0.266 e. The molecule has 0 aliphatic heterocycles. The minimum absolute atomic E-state index is 0.0806. The van der Waals surface area contributed by atoms with Gasteiger partial charge in [0.25, 0.3) is 5.56 Å². The largest absolute Gasteiger partial charge is 0.494 e. The van der Waals surface area contributed by atoms with Crippen molar-refractivity contribution in [3.63, 3.8) is 0 Å². The zero-order valence-electron chi connectivity index (χ0n) is 16.1. The number of H-pyrrole nitrogens is 1. The third-order valence-electron chi connectivity index (χ3n) is 4.50. The van der Waals surface area contributed by atoms with Crippen molar-refractivity contribution in [2.24, 2.45) is 0 Å². The summed E-state index contributed by atoms with van der Waals surface area (Å²) in [5, 5.41) is 11.9. The lowest BCUT2D eigenvalue weighted by atomic mass is 9.99. The Hall–Kier alpha value is -3.14. The molecule has 0 saturated heterocycles. The molecule has 2 aromatic rings. The van der Waals surface area contributed by atoms with E-state index in [0.29, 0.717) is 36.6 Å². The molecular weight excluding hydrogens is 361 g/mol. The van der Waals surface area contributed by atoms with Crippen molar-refractivity contribution in [1.29, 1.82) is 5.26 Å². The Labute approximate surface area is 163 Å². The van der Waals surface area contributed by atoms with Crippen molar-refractivity contribution in [1.82, 2.24) is 10.3 Å². The van der Waals surface area contributed by atoms with Gasteiger partial charge in [0.05, 0.1) is 6.61 Å². The van der Waals surface area contributed by atoms with Gasteiger partial charge in [0, 0.05) is 18.7 Å². The number of nitrogens with one attached hydrogen (secondary N) is 2. The number of hydrogen-bond acceptors (Lipinski definition) is 4. The van der Waals surface area contributed by atoms with E-state index in [1.165, 1.54) is 12.1 Å². The fourth-order valence-electron chi connectivity index (χ4n) is 2.92. The number of aromatic nitrogens is 1. The maximum atomic E-state index is 12.8. The molecular formula is C21H24FN3O3. The number of hydrogen-bond donors (Lipinski definition) is 2. The third-order valence-corrected chi connectivity index (χ3v) is 4.50. The number of carbonyl (C=O) groups is 1. The second-order valence-corrected chi connectivity index (χ2v) is 6.53. The van der Waals surface area contributed by atoms with Gasteiger partial charge in [0.2, 0.25) is 5.91 Å². The van der Waals surface area contributed by atoms with E-state index in [1.807, 2.05) is 6.07 Å². The molecule has 1 aromatic heterocycles. The number of nitriles is 1. The van der Waals surface area contributed by atoms with Crippen LogP contribution in [0.3, 0.4) is 0 Å². The lowest BCUT2D eigenvalue weighted by Crippen LogP contribution is -2.25. The number of nitrogens with zero attached hydrogens (tertiary/aromatic N) is 1. The molecule has 2 rings (SSSR count). The molecule has 7 heteroatoms. The van der Waals surface area contributed by atoms with Crippen molar-refractivity contribution in [2.75, 3.05) is 13.2 Å². The fraction of sp³-hybridized carbons (Fsp3) is 0.381. The van der Waals surface area contributed by atoms with Gasteiger partial charge >= 0.3 is 0 Å². The molecule has 0 saturated carbocycles. The first-order valence-electron chi connectivity index (χ1n) is 9.20. The summed E-state index contributed by atoms with van der Waals surface area (Å²) in [5.41, 5.74) is 1.86. The van der Waals surface area contributed by atoms with Crippen LogP contribution in [0.5, 0.6) is 5.75 Å². The zero-order chi connectivity index (χ0) is 20.5. The van der Waals surface area contributed by atoms with E-state index in [-0.39, 0.29) is 23.7 Å². The molecule has 0 aliphatic carbocycles. The van der Waals surface area contributed by atoms with Crippen molar-refractivity contribution < 1.29 is 13.9 Å². The van der Waals surface area contributed by atoms with Crippen LogP contribution in [0.4, 0.5) is 4.39 Å². The molecule has 2 N–H and O–H groups in total. The minimum atomic E-state index is -0.395. The standard InChI is InChI=1S/C21H24FN3O3/c1-14-18(15(2)25-21(27)19(14)13-23)9-10-20(26)24-11-3-4-12-28-17-7-5-16(22)6-8-17/h5-8H,3-4,9-12H2,1-2H3,(H,24,26)(H,25,27). The van der Waals surface area contributed by atoms with Gasteiger partial charge in [-0.2, -0.15) is 5.26 Å². The number of benzene rings is 1. The number of rotatable bonds is 9. The number of carbonyl (C=O) groups excluding carboxylic acids is 1. The van der Waals surface area contributed by atoms with E-state index in [1.54, 1.807) is 26.0 Å². The van der Waals surface area contributed by atoms with Crippen molar-refractivity contribution in [3.8, 4) is 11.8 Å². The lowest BCUT2D eigenvalue weighted by Gasteiger charge is -2.11. The first-order valence-corrected chi connectivity index (χ1v) is 9.20. The molecule has 0 spiro atoms. The van der Waals surface area contributed by atoms with E-state index in [4.69, 9.17) is 10.00 Å². The summed E-state index contributed by atoms with van der Waals surface area (Å²) in [4.78, 5) is 26.4. The summed E-state index contributed by atoms with van der Waals surface area (Å²) in [7, 11) is 0. The molecule has 0 bridgehead atoms. The summed E-state index contributed by atoms with van der Waals surface area (Å²) in [6, 6.07) is 7.77. The van der Waals surface area contributed by atoms with Crippen molar-refractivity contribution >= 4 is 5.91 Å². The second-order valence-electron chi connectivity index (χ2n) is 6.53. The van der Waals surface area contributed by atoms with E-state index in [9.17, 15) is 14.0 Å². The van der Waals surface area contributed by atoms with Gasteiger partial charge in [-0.1, -0.05) is 0 Å². The number of pyridine rings is 1. The Kier molecular flexibility index (Phi) is 7.76. The predicted molar refractivity (Wildman–Crippen MR) is 104 cm³/mol. The number of aromatic amines is 1. The van der Waals surface area contributed by atoms with E-state index in [0.717, 1.165) is 18.4 Å². The Morgan fingerprint density at radius 3 is 2.64 bits per heavy atom. The molecule has 0 fully saturated rings. The smallest absolute Gasteiger partial charge is 0.266 e. The van der Waals surface area contributed by atoms with Crippen LogP contribution in [0.15, 0.2) is 29.1 Å². The van der Waals surface area contributed by atoms with Crippen molar-refractivity contribution in [2.45, 2.75) is 39.5 Å². The number of unbranched alkanes of at least 4 members (excludes halogenated alkanes) is 1.